The zero-order valence-electron chi connectivity index (χ0n) is 6.52. The van der Waals surface area contributed by atoms with Crippen LogP contribution in [0.1, 0.15) is 13.3 Å². The highest BCUT2D eigenvalue weighted by Crippen LogP contribution is 2.34. The van der Waals surface area contributed by atoms with Crippen molar-refractivity contribution in [2.75, 3.05) is 11.5 Å². The van der Waals surface area contributed by atoms with Crippen molar-refractivity contribution in [3.63, 3.8) is 0 Å². The lowest BCUT2D eigenvalue weighted by atomic mass is 9.87. The van der Waals surface area contributed by atoms with Gasteiger partial charge in [0.05, 0.1) is 5.54 Å². The zero-order valence-corrected chi connectivity index (χ0v) is 7.33. The molecule has 0 amide bonds. The first-order valence-corrected chi connectivity index (χ1v) is 4.85. The van der Waals surface area contributed by atoms with E-state index in [1.807, 2.05) is 0 Å². The molecular formula is C7H13F2NS. The Morgan fingerprint density at radius 2 is 2.27 bits per heavy atom. The molecule has 1 saturated heterocycles. The Kier molecular flexibility index (Phi) is 2.75. The normalized spacial score (nSPS) is 30.8. The molecule has 2 unspecified atom stereocenters. The number of alkyl halides is 2. The minimum absolute atomic E-state index is 0.00694. The van der Waals surface area contributed by atoms with Crippen molar-refractivity contribution in [3.8, 4) is 0 Å². The van der Waals surface area contributed by atoms with E-state index in [9.17, 15) is 8.78 Å². The van der Waals surface area contributed by atoms with Crippen molar-refractivity contribution in [2.45, 2.75) is 25.3 Å². The van der Waals surface area contributed by atoms with Crippen LogP contribution in [-0.4, -0.2) is 23.5 Å². The summed E-state index contributed by atoms with van der Waals surface area (Å²) >= 11 is 1.71. The molecule has 0 aromatic rings. The Morgan fingerprint density at radius 1 is 1.64 bits per heavy atom. The van der Waals surface area contributed by atoms with E-state index in [0.717, 1.165) is 17.9 Å². The van der Waals surface area contributed by atoms with Gasteiger partial charge in [0.25, 0.3) is 6.43 Å². The van der Waals surface area contributed by atoms with Crippen LogP contribution in [-0.2, 0) is 0 Å². The van der Waals surface area contributed by atoms with Gasteiger partial charge in [-0.1, -0.05) is 0 Å². The van der Waals surface area contributed by atoms with Crippen molar-refractivity contribution in [1.82, 2.24) is 0 Å². The fraction of sp³-hybridized carbons (Fsp3) is 1.00. The second-order valence-corrected chi connectivity index (χ2v) is 4.38. The second-order valence-electron chi connectivity index (χ2n) is 3.23. The number of thioether (sulfide) groups is 1. The molecule has 1 heterocycles. The van der Waals surface area contributed by atoms with Crippen LogP contribution in [0.25, 0.3) is 0 Å². The standard InChI is InChI=1S/C7H13F2NS/c1-7(10,6(8)9)5-2-3-11-4-5/h5-6H,2-4,10H2,1H3. The summed E-state index contributed by atoms with van der Waals surface area (Å²) in [4.78, 5) is 0. The van der Waals surface area contributed by atoms with Crippen molar-refractivity contribution >= 4 is 11.8 Å². The van der Waals surface area contributed by atoms with E-state index in [1.165, 1.54) is 6.92 Å². The summed E-state index contributed by atoms with van der Waals surface area (Å²) < 4.78 is 24.7. The molecule has 0 saturated carbocycles. The van der Waals surface area contributed by atoms with Crippen molar-refractivity contribution < 1.29 is 8.78 Å². The summed E-state index contributed by atoms with van der Waals surface area (Å²) in [5.74, 6) is 1.76. The molecule has 1 nitrogen and oxygen atoms in total. The SMILES string of the molecule is CC(N)(C(F)F)C1CCSC1. The first-order valence-electron chi connectivity index (χ1n) is 3.70. The largest absolute Gasteiger partial charge is 0.320 e. The van der Waals surface area contributed by atoms with Gasteiger partial charge in [0, 0.05) is 0 Å². The lowest BCUT2D eigenvalue weighted by Crippen LogP contribution is -2.50. The van der Waals surface area contributed by atoms with Gasteiger partial charge in [0.15, 0.2) is 0 Å². The molecule has 1 fully saturated rings. The Labute approximate surface area is 69.7 Å². The molecule has 0 aliphatic carbocycles. The molecule has 0 aromatic carbocycles. The fourth-order valence-electron chi connectivity index (χ4n) is 1.20. The highest BCUT2D eigenvalue weighted by Gasteiger charge is 2.40. The quantitative estimate of drug-likeness (QED) is 0.702. The van der Waals surface area contributed by atoms with Crippen LogP contribution in [0.3, 0.4) is 0 Å². The van der Waals surface area contributed by atoms with E-state index >= 15 is 0 Å². The minimum Gasteiger partial charge on any atom is -0.320 e. The van der Waals surface area contributed by atoms with Crippen LogP contribution >= 0.6 is 11.8 Å². The predicted octanol–water partition coefficient (Wildman–Crippen LogP) is 1.72. The molecule has 1 rings (SSSR count). The summed E-state index contributed by atoms with van der Waals surface area (Å²) in [5.41, 5.74) is 4.23. The Hall–Kier alpha value is 0.170. The number of rotatable bonds is 2. The molecule has 0 spiro atoms. The summed E-state index contributed by atoms with van der Waals surface area (Å²) in [6.45, 7) is 1.45. The topological polar surface area (TPSA) is 26.0 Å². The average molecular weight is 181 g/mol. The van der Waals surface area contributed by atoms with Gasteiger partial charge in [0.2, 0.25) is 0 Å². The molecule has 0 bridgehead atoms. The third-order valence-corrected chi connectivity index (χ3v) is 3.44. The highest BCUT2D eigenvalue weighted by atomic mass is 32.2. The third kappa shape index (κ3) is 1.85. The molecular weight excluding hydrogens is 168 g/mol. The first kappa shape index (κ1) is 9.26. The summed E-state index contributed by atoms with van der Waals surface area (Å²) in [6, 6.07) is 0. The van der Waals surface area contributed by atoms with Crippen LogP contribution in [0, 0.1) is 5.92 Å². The van der Waals surface area contributed by atoms with Gasteiger partial charge in [-0.25, -0.2) is 8.78 Å². The van der Waals surface area contributed by atoms with E-state index in [0.29, 0.717) is 0 Å². The van der Waals surface area contributed by atoms with Crippen LogP contribution < -0.4 is 5.73 Å². The maximum Gasteiger partial charge on any atom is 0.256 e. The molecule has 2 atom stereocenters. The monoisotopic (exact) mass is 181 g/mol. The van der Waals surface area contributed by atoms with Crippen molar-refractivity contribution in [2.24, 2.45) is 11.7 Å². The Morgan fingerprint density at radius 3 is 2.64 bits per heavy atom. The maximum absolute atomic E-state index is 12.3. The lowest BCUT2D eigenvalue weighted by molar-refractivity contribution is 0.0351. The fourth-order valence-corrected chi connectivity index (χ4v) is 2.63. The van der Waals surface area contributed by atoms with E-state index in [1.54, 1.807) is 11.8 Å². The molecule has 66 valence electrons. The van der Waals surface area contributed by atoms with Gasteiger partial charge >= 0.3 is 0 Å². The molecule has 0 radical (unpaired) electrons. The van der Waals surface area contributed by atoms with Gasteiger partial charge in [-0.15, -0.1) is 0 Å². The van der Waals surface area contributed by atoms with Crippen LogP contribution in [0.15, 0.2) is 0 Å². The predicted molar refractivity (Wildman–Crippen MR) is 44.0 cm³/mol. The van der Waals surface area contributed by atoms with E-state index < -0.39 is 12.0 Å². The first-order chi connectivity index (χ1) is 5.05. The number of halogens is 2. The van der Waals surface area contributed by atoms with Crippen molar-refractivity contribution in [3.05, 3.63) is 0 Å². The van der Waals surface area contributed by atoms with Crippen LogP contribution in [0.4, 0.5) is 8.78 Å². The maximum atomic E-state index is 12.3. The van der Waals surface area contributed by atoms with Gasteiger partial charge in [-0.3, -0.25) is 0 Å². The Balaban J connectivity index is 2.55. The number of hydrogen-bond donors (Lipinski definition) is 1. The second kappa shape index (κ2) is 3.27. The molecule has 1 aliphatic heterocycles. The smallest absolute Gasteiger partial charge is 0.256 e. The Bertz CT molecular complexity index is 132. The minimum atomic E-state index is -2.40. The summed E-state index contributed by atoms with van der Waals surface area (Å²) in [5, 5.41) is 0. The molecule has 1 aliphatic rings. The van der Waals surface area contributed by atoms with E-state index in [2.05, 4.69) is 0 Å². The van der Waals surface area contributed by atoms with Crippen LogP contribution in [0.2, 0.25) is 0 Å². The lowest BCUT2D eigenvalue weighted by Gasteiger charge is -2.29. The van der Waals surface area contributed by atoms with Gasteiger partial charge in [0.1, 0.15) is 0 Å². The number of nitrogens with two attached hydrogens (primary N) is 1. The van der Waals surface area contributed by atoms with Crippen LogP contribution in [0.5, 0.6) is 0 Å². The average Bonchev–Trinajstić information content (AvgIpc) is 2.37. The van der Waals surface area contributed by atoms with Gasteiger partial charge < -0.3 is 5.73 Å². The highest BCUT2D eigenvalue weighted by molar-refractivity contribution is 7.99. The van der Waals surface area contributed by atoms with E-state index in [4.69, 9.17) is 5.73 Å². The molecule has 11 heavy (non-hydrogen) atoms. The molecule has 4 heteroatoms. The third-order valence-electron chi connectivity index (χ3n) is 2.28. The molecule has 2 N–H and O–H groups in total. The summed E-state index contributed by atoms with van der Waals surface area (Å²) in [6.07, 6.45) is -1.56. The number of hydrogen-bond acceptors (Lipinski definition) is 2. The van der Waals surface area contributed by atoms with E-state index in [-0.39, 0.29) is 5.92 Å². The molecule has 0 aromatic heterocycles. The zero-order chi connectivity index (χ0) is 8.48. The van der Waals surface area contributed by atoms with Gasteiger partial charge in [-0.2, -0.15) is 11.8 Å². The summed E-state index contributed by atoms with van der Waals surface area (Å²) in [7, 11) is 0. The van der Waals surface area contributed by atoms with Gasteiger partial charge in [-0.05, 0) is 30.8 Å². The van der Waals surface area contributed by atoms with Crippen molar-refractivity contribution in [1.29, 1.82) is 0 Å².